The summed E-state index contributed by atoms with van der Waals surface area (Å²) in [4.78, 5) is 17.1. The number of nitrogens with zero attached hydrogens (tertiary/aromatic N) is 4. The highest BCUT2D eigenvalue weighted by Crippen LogP contribution is 2.66. The van der Waals surface area contributed by atoms with Crippen molar-refractivity contribution in [1.82, 2.24) is 19.9 Å². The summed E-state index contributed by atoms with van der Waals surface area (Å²) in [6.45, 7) is 0. The van der Waals surface area contributed by atoms with Gasteiger partial charge in [0.1, 0.15) is 10.3 Å². The van der Waals surface area contributed by atoms with Gasteiger partial charge in [0.15, 0.2) is 0 Å². The highest BCUT2D eigenvalue weighted by molar-refractivity contribution is 6.32. The van der Waals surface area contributed by atoms with Gasteiger partial charge in [-0.05, 0) is 46.5 Å². The molecule has 4 atom stereocenters. The molecule has 8 heteroatoms. The van der Waals surface area contributed by atoms with E-state index in [1.807, 2.05) is 36.4 Å². The summed E-state index contributed by atoms with van der Waals surface area (Å²) in [5.41, 5.74) is 3.90. The van der Waals surface area contributed by atoms with E-state index in [9.17, 15) is 0 Å². The summed E-state index contributed by atoms with van der Waals surface area (Å²) >= 11 is 24.9. The quantitative estimate of drug-likeness (QED) is 0.217. The Hall–Kier alpha value is -2.24. The van der Waals surface area contributed by atoms with Gasteiger partial charge in [0.25, 0.3) is 0 Å². The number of aromatic nitrogens is 4. The van der Waals surface area contributed by atoms with Crippen LogP contribution < -0.4 is 0 Å². The lowest BCUT2D eigenvalue weighted by atomic mass is 9.50. The third-order valence-corrected chi connectivity index (χ3v) is 6.70. The summed E-state index contributed by atoms with van der Waals surface area (Å²) in [5.74, 6) is 0.0848. The zero-order valence-corrected chi connectivity index (χ0v) is 19.6. The van der Waals surface area contributed by atoms with E-state index in [0.29, 0.717) is 10.3 Å². The number of halogens is 4. The zero-order chi connectivity index (χ0) is 22.2. The molecule has 1 aliphatic carbocycles. The first kappa shape index (κ1) is 21.6. The van der Waals surface area contributed by atoms with Crippen LogP contribution in [0.15, 0.2) is 72.8 Å². The van der Waals surface area contributed by atoms with Gasteiger partial charge < -0.3 is 0 Å². The molecule has 4 nitrogen and oxygen atoms in total. The smallest absolute Gasteiger partial charge is 0.223 e. The van der Waals surface area contributed by atoms with Crippen LogP contribution in [0.25, 0.3) is 0 Å². The summed E-state index contributed by atoms with van der Waals surface area (Å²) in [7, 11) is 0. The summed E-state index contributed by atoms with van der Waals surface area (Å²) in [5, 5.41) is 0.819. The average Bonchev–Trinajstić information content (AvgIpc) is 2.73. The Balaban J connectivity index is 1.72. The maximum atomic E-state index is 6.26. The Morgan fingerprint density at radius 2 is 0.844 bits per heavy atom. The fraction of sp³-hybridized carbons (Fsp3) is 0.167. The maximum absolute atomic E-state index is 6.26. The second-order valence-corrected chi connectivity index (χ2v) is 9.14. The van der Waals surface area contributed by atoms with E-state index in [1.165, 1.54) is 11.1 Å². The fourth-order valence-corrected chi connectivity index (χ4v) is 5.67. The summed E-state index contributed by atoms with van der Waals surface area (Å²) in [6, 6.07) is 24.3. The lowest BCUT2D eigenvalue weighted by Crippen LogP contribution is -2.41. The molecule has 1 aliphatic rings. The number of hydrogen-bond donors (Lipinski definition) is 0. The minimum absolute atomic E-state index is 0.0670. The molecular formula is C24H16Cl4N4. The Morgan fingerprint density at radius 1 is 0.469 bits per heavy atom. The molecule has 160 valence electrons. The standard InChI is InChI=1S/C24H16Cl4N4/c25-17-11-15(29-23(27)31-17)21-19(13-7-3-1-4-8-13)20(14-9-5-2-6-10-14)22(21)16-12-18(26)32-24(28)30-16/h1-12,19-22H/t19-,20+,21-,22+. The van der Waals surface area contributed by atoms with Gasteiger partial charge in [-0.1, -0.05) is 83.9 Å². The molecule has 0 saturated heterocycles. The molecule has 0 unspecified atom stereocenters. The molecular weight excluding hydrogens is 486 g/mol. The van der Waals surface area contributed by atoms with Crippen molar-refractivity contribution in [2.75, 3.05) is 0 Å². The molecule has 2 heterocycles. The van der Waals surface area contributed by atoms with Crippen molar-refractivity contribution in [1.29, 1.82) is 0 Å². The Bertz CT molecular complexity index is 1110. The van der Waals surface area contributed by atoms with Crippen molar-refractivity contribution in [2.45, 2.75) is 23.7 Å². The van der Waals surface area contributed by atoms with E-state index < -0.39 is 0 Å². The first-order valence-corrected chi connectivity index (χ1v) is 11.5. The van der Waals surface area contributed by atoms with E-state index in [2.05, 4.69) is 44.2 Å². The predicted molar refractivity (Wildman–Crippen MR) is 128 cm³/mol. The first-order chi connectivity index (χ1) is 15.5. The van der Waals surface area contributed by atoms with Crippen molar-refractivity contribution in [2.24, 2.45) is 0 Å². The Morgan fingerprint density at radius 3 is 1.19 bits per heavy atom. The second-order valence-electron chi connectivity index (χ2n) is 7.69. The van der Waals surface area contributed by atoms with E-state index in [0.717, 1.165) is 11.4 Å². The highest BCUT2D eigenvalue weighted by Gasteiger charge is 2.54. The second kappa shape index (κ2) is 8.95. The number of rotatable bonds is 4. The molecule has 0 amide bonds. The molecule has 4 aromatic rings. The van der Waals surface area contributed by atoms with E-state index in [4.69, 9.17) is 46.4 Å². The van der Waals surface area contributed by atoms with Crippen LogP contribution >= 0.6 is 46.4 Å². The van der Waals surface area contributed by atoms with Gasteiger partial charge in [-0.25, -0.2) is 19.9 Å². The third kappa shape index (κ3) is 4.08. The van der Waals surface area contributed by atoms with Crippen molar-refractivity contribution in [3.63, 3.8) is 0 Å². The van der Waals surface area contributed by atoms with Gasteiger partial charge in [0, 0.05) is 23.7 Å². The van der Waals surface area contributed by atoms with Crippen LogP contribution in [0, 0.1) is 0 Å². The lowest BCUT2D eigenvalue weighted by molar-refractivity contribution is 0.220. The fourth-order valence-electron chi connectivity index (χ4n) is 4.82. The third-order valence-electron chi connectivity index (χ3n) is 5.97. The molecule has 2 aromatic carbocycles. The van der Waals surface area contributed by atoms with Crippen LogP contribution in [0.3, 0.4) is 0 Å². The topological polar surface area (TPSA) is 51.6 Å². The van der Waals surface area contributed by atoms with Gasteiger partial charge in [0.2, 0.25) is 10.6 Å². The molecule has 0 N–H and O–H groups in total. The van der Waals surface area contributed by atoms with Crippen LogP contribution in [-0.2, 0) is 0 Å². The predicted octanol–water partition coefficient (Wildman–Crippen LogP) is 7.33. The van der Waals surface area contributed by atoms with Crippen LogP contribution in [-0.4, -0.2) is 19.9 Å². The monoisotopic (exact) mass is 500 g/mol. The molecule has 2 aromatic heterocycles. The van der Waals surface area contributed by atoms with E-state index >= 15 is 0 Å². The first-order valence-electron chi connectivity index (χ1n) is 10.0. The van der Waals surface area contributed by atoms with Gasteiger partial charge in [0.05, 0.1) is 11.4 Å². The lowest BCUT2D eigenvalue weighted by Gasteiger charge is -2.52. The number of hydrogen-bond acceptors (Lipinski definition) is 4. The molecule has 32 heavy (non-hydrogen) atoms. The van der Waals surface area contributed by atoms with Gasteiger partial charge in [-0.3, -0.25) is 0 Å². The molecule has 5 rings (SSSR count). The SMILES string of the molecule is Clc1cc([C@@H]2[C@H](c3ccccc3)[C@H](c3ccccc3)[C@@H]2c2cc(Cl)nc(Cl)n2)nc(Cl)n1. The van der Waals surface area contributed by atoms with Crippen LogP contribution in [0.2, 0.25) is 20.9 Å². The molecule has 0 bridgehead atoms. The van der Waals surface area contributed by atoms with Crippen LogP contribution in [0.5, 0.6) is 0 Å². The average molecular weight is 502 g/mol. The Labute approximate surface area is 205 Å². The largest absolute Gasteiger partial charge is 0.224 e. The minimum atomic E-state index is -0.0670. The van der Waals surface area contributed by atoms with Crippen molar-refractivity contribution in [3.05, 3.63) is 116 Å². The van der Waals surface area contributed by atoms with Crippen molar-refractivity contribution < 1.29 is 0 Å². The maximum Gasteiger partial charge on any atom is 0.224 e. The highest BCUT2D eigenvalue weighted by atomic mass is 35.5. The summed E-state index contributed by atoms with van der Waals surface area (Å²) in [6.07, 6.45) is 0. The molecule has 0 aliphatic heterocycles. The normalized spacial score (nSPS) is 22.4. The van der Waals surface area contributed by atoms with Crippen LogP contribution in [0.4, 0.5) is 0 Å². The number of benzene rings is 2. The van der Waals surface area contributed by atoms with Crippen molar-refractivity contribution >= 4 is 46.4 Å². The van der Waals surface area contributed by atoms with Gasteiger partial charge in [-0.15, -0.1) is 0 Å². The van der Waals surface area contributed by atoms with E-state index in [1.54, 1.807) is 12.1 Å². The van der Waals surface area contributed by atoms with Crippen molar-refractivity contribution in [3.8, 4) is 0 Å². The molecule has 0 spiro atoms. The molecule has 1 fully saturated rings. The molecule has 0 radical (unpaired) electrons. The van der Waals surface area contributed by atoms with E-state index in [-0.39, 0.29) is 34.2 Å². The van der Waals surface area contributed by atoms with Crippen LogP contribution in [0.1, 0.15) is 46.2 Å². The molecule has 1 saturated carbocycles. The zero-order valence-electron chi connectivity index (χ0n) is 16.5. The summed E-state index contributed by atoms with van der Waals surface area (Å²) < 4.78 is 0. The minimum Gasteiger partial charge on any atom is -0.223 e. The van der Waals surface area contributed by atoms with Gasteiger partial charge >= 0.3 is 0 Å². The Kier molecular flexibility index (Phi) is 6.04. The van der Waals surface area contributed by atoms with Gasteiger partial charge in [-0.2, -0.15) is 0 Å².